The molecule has 2 aliphatic rings. The zero-order chi connectivity index (χ0) is 14.1. The summed E-state index contributed by atoms with van der Waals surface area (Å²) in [5.41, 5.74) is 5.34. The molecular formula is C17H22N4. The minimum absolute atomic E-state index is 0.601. The van der Waals surface area contributed by atoms with E-state index in [1.807, 2.05) is 0 Å². The molecule has 1 unspecified atom stereocenters. The molecule has 1 aliphatic carbocycles. The lowest BCUT2D eigenvalue weighted by atomic mass is 10.2. The third kappa shape index (κ3) is 2.49. The highest BCUT2D eigenvalue weighted by molar-refractivity contribution is 5.39. The van der Waals surface area contributed by atoms with E-state index >= 15 is 0 Å². The van der Waals surface area contributed by atoms with E-state index in [-0.39, 0.29) is 0 Å². The summed E-state index contributed by atoms with van der Waals surface area (Å²) >= 11 is 0. The second-order valence-electron chi connectivity index (χ2n) is 6.04. The third-order valence-corrected chi connectivity index (χ3v) is 4.63. The highest BCUT2D eigenvalue weighted by Gasteiger charge is 2.23. The van der Waals surface area contributed by atoms with Crippen LogP contribution in [0.3, 0.4) is 0 Å². The van der Waals surface area contributed by atoms with Gasteiger partial charge < -0.3 is 10.6 Å². The van der Waals surface area contributed by atoms with Crippen LogP contribution in [-0.4, -0.2) is 28.9 Å². The number of rotatable bonds is 4. The summed E-state index contributed by atoms with van der Waals surface area (Å²) in [5.74, 6) is 0. The van der Waals surface area contributed by atoms with Gasteiger partial charge in [0.1, 0.15) is 0 Å². The Labute approximate surface area is 125 Å². The molecule has 4 rings (SSSR count). The molecule has 0 saturated carbocycles. The number of fused-ring (bicyclic) bond motifs is 1. The van der Waals surface area contributed by atoms with Crippen molar-refractivity contribution in [3.8, 4) is 5.69 Å². The van der Waals surface area contributed by atoms with Gasteiger partial charge in [0.2, 0.25) is 0 Å². The molecule has 110 valence electrons. The number of benzene rings is 1. The molecule has 1 atom stereocenters. The lowest BCUT2D eigenvalue weighted by Gasteiger charge is -2.10. The van der Waals surface area contributed by atoms with Gasteiger partial charge in [0.15, 0.2) is 0 Å². The summed E-state index contributed by atoms with van der Waals surface area (Å²) in [6.45, 7) is 3.12. The molecule has 21 heavy (non-hydrogen) atoms. The highest BCUT2D eigenvalue weighted by Crippen LogP contribution is 2.27. The van der Waals surface area contributed by atoms with E-state index in [9.17, 15) is 0 Å². The molecule has 1 aromatic carbocycles. The maximum atomic E-state index is 4.90. The largest absolute Gasteiger partial charge is 0.315 e. The van der Waals surface area contributed by atoms with Crippen molar-refractivity contribution in [1.29, 1.82) is 0 Å². The molecule has 4 heteroatoms. The van der Waals surface area contributed by atoms with Crippen LogP contribution in [0.4, 0.5) is 0 Å². The van der Waals surface area contributed by atoms with E-state index in [0.29, 0.717) is 6.04 Å². The highest BCUT2D eigenvalue weighted by atomic mass is 15.3. The SMILES string of the molecule is c1ccc(-n2nc(CNC3CCNC3)c3c2CCC3)cc1. The fourth-order valence-corrected chi connectivity index (χ4v) is 3.51. The first-order chi connectivity index (χ1) is 10.4. The number of hydrogen-bond acceptors (Lipinski definition) is 3. The van der Waals surface area contributed by atoms with E-state index in [1.54, 1.807) is 0 Å². The van der Waals surface area contributed by atoms with Gasteiger partial charge in [-0.1, -0.05) is 18.2 Å². The molecule has 0 amide bonds. The van der Waals surface area contributed by atoms with Gasteiger partial charge in [-0.2, -0.15) is 5.10 Å². The fraction of sp³-hybridized carbons (Fsp3) is 0.471. The Morgan fingerprint density at radius 1 is 1.24 bits per heavy atom. The fourth-order valence-electron chi connectivity index (χ4n) is 3.51. The molecule has 2 N–H and O–H groups in total. The normalized spacial score (nSPS) is 20.9. The van der Waals surface area contributed by atoms with E-state index < -0.39 is 0 Å². The standard InChI is InChI=1S/C17H22N4/c1-2-5-14(6-3-1)21-17-8-4-7-15(17)16(20-21)12-19-13-9-10-18-11-13/h1-3,5-6,13,18-19H,4,7-12H2. The molecule has 1 aliphatic heterocycles. The molecule has 0 radical (unpaired) electrons. The van der Waals surface area contributed by atoms with Crippen LogP contribution < -0.4 is 10.6 Å². The quantitative estimate of drug-likeness (QED) is 0.899. The van der Waals surface area contributed by atoms with Gasteiger partial charge in [0, 0.05) is 24.8 Å². The van der Waals surface area contributed by atoms with Gasteiger partial charge in [-0.05, 0) is 49.9 Å². The predicted octanol–water partition coefficient (Wildman–Crippen LogP) is 1.81. The van der Waals surface area contributed by atoms with Crippen LogP contribution in [-0.2, 0) is 19.4 Å². The van der Waals surface area contributed by atoms with E-state index in [2.05, 4.69) is 45.6 Å². The van der Waals surface area contributed by atoms with E-state index in [1.165, 1.54) is 41.9 Å². The van der Waals surface area contributed by atoms with Gasteiger partial charge in [0.25, 0.3) is 0 Å². The van der Waals surface area contributed by atoms with Crippen molar-refractivity contribution in [2.45, 2.75) is 38.3 Å². The maximum absolute atomic E-state index is 4.90. The average Bonchev–Trinajstić information content (AvgIpc) is 3.24. The smallest absolute Gasteiger partial charge is 0.0801 e. The van der Waals surface area contributed by atoms with E-state index in [4.69, 9.17) is 5.10 Å². The lowest BCUT2D eigenvalue weighted by molar-refractivity contribution is 0.537. The first-order valence-electron chi connectivity index (χ1n) is 8.01. The lowest BCUT2D eigenvalue weighted by Crippen LogP contribution is -2.30. The number of hydrogen-bond donors (Lipinski definition) is 2. The minimum Gasteiger partial charge on any atom is -0.315 e. The molecule has 0 bridgehead atoms. The maximum Gasteiger partial charge on any atom is 0.0801 e. The summed E-state index contributed by atoms with van der Waals surface area (Å²) in [4.78, 5) is 0. The van der Waals surface area contributed by atoms with Crippen LogP contribution >= 0.6 is 0 Å². The van der Waals surface area contributed by atoms with Crippen molar-refractivity contribution < 1.29 is 0 Å². The second-order valence-corrected chi connectivity index (χ2v) is 6.04. The zero-order valence-electron chi connectivity index (χ0n) is 12.3. The molecule has 2 aromatic rings. The first-order valence-corrected chi connectivity index (χ1v) is 8.01. The van der Waals surface area contributed by atoms with Crippen molar-refractivity contribution in [2.24, 2.45) is 0 Å². The number of nitrogens with one attached hydrogen (secondary N) is 2. The number of para-hydroxylation sites is 1. The Hall–Kier alpha value is -1.65. The molecule has 1 saturated heterocycles. The third-order valence-electron chi connectivity index (χ3n) is 4.63. The minimum atomic E-state index is 0.601. The van der Waals surface area contributed by atoms with Crippen LogP contribution in [0.2, 0.25) is 0 Å². The molecule has 1 fully saturated rings. The molecule has 1 aromatic heterocycles. The van der Waals surface area contributed by atoms with Crippen LogP contribution in [0.15, 0.2) is 30.3 Å². The molecule has 4 nitrogen and oxygen atoms in total. The Morgan fingerprint density at radius 3 is 2.95 bits per heavy atom. The van der Waals surface area contributed by atoms with Crippen molar-refractivity contribution >= 4 is 0 Å². The molecule has 0 spiro atoms. The molecule has 2 heterocycles. The van der Waals surface area contributed by atoms with Crippen LogP contribution in [0.5, 0.6) is 0 Å². The molecular weight excluding hydrogens is 260 g/mol. The Balaban J connectivity index is 1.60. The van der Waals surface area contributed by atoms with Gasteiger partial charge in [-0.15, -0.1) is 0 Å². The monoisotopic (exact) mass is 282 g/mol. The zero-order valence-corrected chi connectivity index (χ0v) is 12.3. The Bertz CT molecular complexity index is 611. The number of nitrogens with zero attached hydrogens (tertiary/aromatic N) is 2. The van der Waals surface area contributed by atoms with Crippen molar-refractivity contribution in [2.75, 3.05) is 13.1 Å². The predicted molar refractivity (Wildman–Crippen MR) is 83.7 cm³/mol. The van der Waals surface area contributed by atoms with Crippen molar-refractivity contribution in [3.05, 3.63) is 47.3 Å². The summed E-state index contributed by atoms with van der Waals surface area (Å²) in [5, 5.41) is 12.0. The summed E-state index contributed by atoms with van der Waals surface area (Å²) < 4.78 is 2.16. The van der Waals surface area contributed by atoms with Crippen LogP contribution in [0, 0.1) is 0 Å². The Kier molecular flexibility index (Phi) is 3.49. The van der Waals surface area contributed by atoms with Gasteiger partial charge in [-0.25, -0.2) is 4.68 Å². The summed E-state index contributed by atoms with van der Waals surface area (Å²) in [7, 11) is 0. The average molecular weight is 282 g/mol. The van der Waals surface area contributed by atoms with Crippen molar-refractivity contribution in [3.63, 3.8) is 0 Å². The summed E-state index contributed by atoms with van der Waals surface area (Å²) in [6, 6.07) is 11.1. The summed E-state index contributed by atoms with van der Waals surface area (Å²) in [6.07, 6.45) is 4.82. The van der Waals surface area contributed by atoms with E-state index in [0.717, 1.165) is 26.1 Å². The van der Waals surface area contributed by atoms with Gasteiger partial charge >= 0.3 is 0 Å². The topological polar surface area (TPSA) is 41.9 Å². The van der Waals surface area contributed by atoms with Gasteiger partial charge in [-0.3, -0.25) is 0 Å². The second kappa shape index (κ2) is 5.62. The Morgan fingerprint density at radius 2 is 2.14 bits per heavy atom. The van der Waals surface area contributed by atoms with Gasteiger partial charge in [0.05, 0.1) is 11.4 Å². The van der Waals surface area contributed by atoms with Crippen molar-refractivity contribution in [1.82, 2.24) is 20.4 Å². The van der Waals surface area contributed by atoms with Crippen LogP contribution in [0.1, 0.15) is 29.8 Å². The number of aromatic nitrogens is 2. The van der Waals surface area contributed by atoms with Crippen LogP contribution in [0.25, 0.3) is 5.69 Å². The first kappa shape index (κ1) is 13.0.